The lowest BCUT2D eigenvalue weighted by Crippen LogP contribution is -2.13. The van der Waals surface area contributed by atoms with Crippen LogP contribution in [-0.2, 0) is 0 Å². The predicted molar refractivity (Wildman–Crippen MR) is 46.2 cm³/mol. The normalized spacial score (nSPS) is 9.42. The molecule has 0 saturated heterocycles. The number of carbonyl (C=O) groups excluding carboxylic acids is 1. The van der Waals surface area contributed by atoms with Crippen LogP contribution in [0.1, 0.15) is 10.4 Å². The molecule has 0 atom stereocenters. The maximum atomic E-state index is 10.8. The fourth-order valence-corrected chi connectivity index (χ4v) is 0.954. The Balaban J connectivity index is 3.21. The van der Waals surface area contributed by atoms with Gasteiger partial charge >= 0.3 is 0 Å². The summed E-state index contributed by atoms with van der Waals surface area (Å²) in [5.74, 6) is -0.530. The lowest BCUT2D eigenvalue weighted by atomic mass is 10.1. The molecule has 4 N–H and O–H groups in total. The Morgan fingerprint density at radius 2 is 2.25 bits per heavy atom. The molecule has 64 valence electrons. The van der Waals surface area contributed by atoms with E-state index in [1.54, 1.807) is 13.1 Å². The van der Waals surface area contributed by atoms with Gasteiger partial charge in [-0.05, 0) is 18.2 Å². The smallest absolute Gasteiger partial charge is 0.250 e. The first-order valence-corrected chi connectivity index (χ1v) is 3.45. The molecule has 0 aliphatic rings. The Labute approximate surface area is 70.0 Å². The molecule has 0 aliphatic heterocycles. The molecule has 0 aliphatic carbocycles. The van der Waals surface area contributed by atoms with E-state index in [4.69, 9.17) is 10.8 Å². The maximum Gasteiger partial charge on any atom is 0.250 e. The summed E-state index contributed by atoms with van der Waals surface area (Å²) in [6.45, 7) is 0. The van der Waals surface area contributed by atoms with Crippen LogP contribution in [0.25, 0.3) is 0 Å². The number of amides is 1. The maximum absolute atomic E-state index is 10.8. The van der Waals surface area contributed by atoms with Gasteiger partial charge in [-0.25, -0.2) is 0 Å². The fraction of sp³-hybridized carbons (Fsp3) is 0.125. The molecule has 1 aromatic rings. The first kappa shape index (κ1) is 8.39. The summed E-state index contributed by atoms with van der Waals surface area (Å²) in [6.07, 6.45) is 0. The first-order chi connectivity index (χ1) is 5.65. The number of anilines is 1. The molecule has 0 spiro atoms. The van der Waals surface area contributed by atoms with Gasteiger partial charge in [0.1, 0.15) is 5.75 Å². The quantitative estimate of drug-likeness (QED) is 0.561. The molecule has 0 fully saturated rings. The highest BCUT2D eigenvalue weighted by molar-refractivity contribution is 5.98. The average molecular weight is 166 g/mol. The van der Waals surface area contributed by atoms with E-state index in [0.717, 1.165) is 0 Å². The van der Waals surface area contributed by atoms with E-state index in [0.29, 0.717) is 5.69 Å². The molecular weight excluding hydrogens is 156 g/mol. The molecule has 1 rings (SSSR count). The fourth-order valence-electron chi connectivity index (χ4n) is 0.954. The predicted octanol–water partition coefficient (Wildman–Crippen LogP) is 0.533. The lowest BCUT2D eigenvalue weighted by Gasteiger charge is -2.05. The van der Waals surface area contributed by atoms with E-state index in [-0.39, 0.29) is 11.3 Å². The molecule has 4 nitrogen and oxygen atoms in total. The van der Waals surface area contributed by atoms with Gasteiger partial charge in [-0.2, -0.15) is 0 Å². The average Bonchev–Trinajstić information content (AvgIpc) is 2.04. The van der Waals surface area contributed by atoms with E-state index in [1.807, 2.05) is 0 Å². The van der Waals surface area contributed by atoms with Crippen molar-refractivity contribution in [3.05, 3.63) is 23.8 Å². The van der Waals surface area contributed by atoms with E-state index in [1.165, 1.54) is 12.1 Å². The van der Waals surface area contributed by atoms with Crippen LogP contribution in [0.15, 0.2) is 18.2 Å². The Kier molecular flexibility index (Phi) is 2.19. The number of benzene rings is 1. The van der Waals surface area contributed by atoms with Gasteiger partial charge < -0.3 is 16.2 Å². The van der Waals surface area contributed by atoms with Crippen molar-refractivity contribution in [3.8, 4) is 5.75 Å². The van der Waals surface area contributed by atoms with Crippen LogP contribution in [0.2, 0.25) is 0 Å². The van der Waals surface area contributed by atoms with Crippen molar-refractivity contribution < 1.29 is 9.90 Å². The van der Waals surface area contributed by atoms with Gasteiger partial charge in [0, 0.05) is 12.7 Å². The summed E-state index contributed by atoms with van der Waals surface area (Å²) in [7, 11) is 1.68. The summed E-state index contributed by atoms with van der Waals surface area (Å²) in [4.78, 5) is 10.8. The zero-order valence-electron chi connectivity index (χ0n) is 6.66. The van der Waals surface area contributed by atoms with Gasteiger partial charge in [0.25, 0.3) is 5.91 Å². The third kappa shape index (κ3) is 1.47. The third-order valence-electron chi connectivity index (χ3n) is 1.54. The molecular formula is C8H10N2O2. The number of hydrogen-bond acceptors (Lipinski definition) is 3. The molecule has 0 aromatic heterocycles. The Hall–Kier alpha value is -1.71. The van der Waals surface area contributed by atoms with Gasteiger partial charge in [0.2, 0.25) is 0 Å². The van der Waals surface area contributed by atoms with Crippen LogP contribution in [-0.4, -0.2) is 18.1 Å². The van der Waals surface area contributed by atoms with Crippen molar-refractivity contribution in [1.29, 1.82) is 0 Å². The number of phenols is 1. The zero-order valence-corrected chi connectivity index (χ0v) is 6.66. The van der Waals surface area contributed by atoms with E-state index >= 15 is 0 Å². The third-order valence-corrected chi connectivity index (χ3v) is 1.54. The van der Waals surface area contributed by atoms with E-state index in [9.17, 15) is 4.79 Å². The van der Waals surface area contributed by atoms with Gasteiger partial charge in [0.05, 0.1) is 5.56 Å². The second-order valence-electron chi connectivity index (χ2n) is 2.34. The van der Waals surface area contributed by atoms with E-state index in [2.05, 4.69) is 5.32 Å². The Bertz CT molecular complexity index is 310. The van der Waals surface area contributed by atoms with Gasteiger partial charge in [-0.1, -0.05) is 0 Å². The van der Waals surface area contributed by atoms with Crippen LogP contribution in [0.4, 0.5) is 5.69 Å². The molecule has 12 heavy (non-hydrogen) atoms. The topological polar surface area (TPSA) is 75.3 Å². The van der Waals surface area contributed by atoms with Crippen molar-refractivity contribution in [2.75, 3.05) is 12.4 Å². The second kappa shape index (κ2) is 3.13. The summed E-state index contributed by atoms with van der Waals surface area (Å²) in [6, 6.07) is 4.40. The highest BCUT2D eigenvalue weighted by atomic mass is 16.3. The minimum Gasteiger partial charge on any atom is -0.508 e. The number of hydrogen-bond donors (Lipinski definition) is 3. The minimum absolute atomic E-state index is 0.0304. The SMILES string of the molecule is CNc1ccc(O)cc1C(N)=O. The van der Waals surface area contributed by atoms with Crippen molar-refractivity contribution in [3.63, 3.8) is 0 Å². The Morgan fingerprint density at radius 1 is 1.58 bits per heavy atom. The molecule has 0 saturated carbocycles. The minimum atomic E-state index is -0.560. The van der Waals surface area contributed by atoms with Crippen molar-refractivity contribution >= 4 is 11.6 Å². The largest absolute Gasteiger partial charge is 0.508 e. The van der Waals surface area contributed by atoms with Crippen molar-refractivity contribution in [2.45, 2.75) is 0 Å². The summed E-state index contributed by atoms with van der Waals surface area (Å²) < 4.78 is 0. The monoisotopic (exact) mass is 166 g/mol. The molecule has 0 unspecified atom stereocenters. The molecule has 1 aromatic carbocycles. The number of carbonyl (C=O) groups is 1. The van der Waals surface area contributed by atoms with Crippen LogP contribution >= 0.6 is 0 Å². The molecule has 0 bridgehead atoms. The summed E-state index contributed by atoms with van der Waals surface area (Å²) >= 11 is 0. The van der Waals surface area contributed by atoms with Crippen LogP contribution in [0, 0.1) is 0 Å². The van der Waals surface area contributed by atoms with Crippen LogP contribution < -0.4 is 11.1 Å². The summed E-state index contributed by atoms with van der Waals surface area (Å²) in [5, 5.41) is 11.8. The molecule has 4 heteroatoms. The van der Waals surface area contributed by atoms with E-state index < -0.39 is 5.91 Å². The zero-order chi connectivity index (χ0) is 9.14. The Morgan fingerprint density at radius 3 is 2.75 bits per heavy atom. The first-order valence-electron chi connectivity index (χ1n) is 3.45. The number of nitrogens with two attached hydrogens (primary N) is 1. The standard InChI is InChI=1S/C8H10N2O2/c1-10-7-3-2-5(11)4-6(7)8(9)12/h2-4,10-11H,1H3,(H2,9,12). The van der Waals surface area contributed by atoms with Gasteiger partial charge in [0.15, 0.2) is 0 Å². The number of rotatable bonds is 2. The van der Waals surface area contributed by atoms with Gasteiger partial charge in [-0.15, -0.1) is 0 Å². The number of primary amides is 1. The van der Waals surface area contributed by atoms with Crippen LogP contribution in [0.5, 0.6) is 5.75 Å². The van der Waals surface area contributed by atoms with Gasteiger partial charge in [-0.3, -0.25) is 4.79 Å². The highest BCUT2D eigenvalue weighted by Crippen LogP contribution is 2.19. The second-order valence-corrected chi connectivity index (χ2v) is 2.34. The lowest BCUT2D eigenvalue weighted by molar-refractivity contribution is 0.100. The highest BCUT2D eigenvalue weighted by Gasteiger charge is 2.06. The number of nitrogens with one attached hydrogen (secondary N) is 1. The van der Waals surface area contributed by atoms with Crippen molar-refractivity contribution in [1.82, 2.24) is 0 Å². The summed E-state index contributed by atoms with van der Waals surface area (Å²) in [5.41, 5.74) is 5.97. The van der Waals surface area contributed by atoms with Crippen LogP contribution in [0.3, 0.4) is 0 Å². The van der Waals surface area contributed by atoms with Crippen molar-refractivity contribution in [2.24, 2.45) is 5.73 Å². The molecule has 0 heterocycles. The molecule has 0 radical (unpaired) electrons. The number of aromatic hydroxyl groups is 1. The number of phenolic OH excluding ortho intramolecular Hbond substituents is 1. The molecule has 1 amide bonds.